The van der Waals surface area contributed by atoms with Crippen molar-refractivity contribution in [3.63, 3.8) is 0 Å². The molecule has 5 heteroatoms. The Morgan fingerprint density at radius 1 is 1.06 bits per heavy atom. The van der Waals surface area contributed by atoms with Crippen LogP contribution in [0.3, 0.4) is 0 Å². The van der Waals surface area contributed by atoms with Gasteiger partial charge in [0, 0.05) is 49.9 Å². The summed E-state index contributed by atoms with van der Waals surface area (Å²) in [6.07, 6.45) is 5.27. The van der Waals surface area contributed by atoms with Crippen molar-refractivity contribution in [3.05, 3.63) is 89.7 Å². The summed E-state index contributed by atoms with van der Waals surface area (Å²) in [6, 6.07) is 21.9. The number of hydrogen-bond donors (Lipinski definition) is 1. The number of rotatable bonds is 7. The van der Waals surface area contributed by atoms with Crippen LogP contribution >= 0.6 is 0 Å². The Morgan fingerprint density at radius 3 is 2.66 bits per heavy atom. The van der Waals surface area contributed by atoms with E-state index in [1.165, 1.54) is 0 Å². The fourth-order valence-electron chi connectivity index (χ4n) is 4.13. The highest BCUT2D eigenvalue weighted by molar-refractivity contribution is 5.95. The number of nitrogens with zero attached hydrogens (tertiary/aromatic N) is 2. The molecule has 0 spiro atoms. The zero-order chi connectivity index (χ0) is 22.3. The topological polar surface area (TPSA) is 62.3 Å². The van der Waals surface area contributed by atoms with Gasteiger partial charge in [0.25, 0.3) is 5.91 Å². The Kier molecular flexibility index (Phi) is 6.95. The van der Waals surface area contributed by atoms with Gasteiger partial charge in [-0.05, 0) is 60.2 Å². The van der Waals surface area contributed by atoms with Crippen LogP contribution in [0.25, 0.3) is 11.1 Å². The summed E-state index contributed by atoms with van der Waals surface area (Å²) in [5.41, 5.74) is 4.89. The Hall–Kier alpha value is -3.47. The minimum Gasteiger partial charge on any atom is -0.356 e. The Bertz CT molecular complexity index is 1060. The van der Waals surface area contributed by atoms with Crippen LogP contribution in [0, 0.1) is 5.92 Å². The Balaban J connectivity index is 1.40. The number of aromatic nitrogens is 1. The van der Waals surface area contributed by atoms with Crippen molar-refractivity contribution in [2.24, 2.45) is 5.92 Å². The largest absolute Gasteiger partial charge is 0.356 e. The van der Waals surface area contributed by atoms with Crippen LogP contribution < -0.4 is 5.32 Å². The van der Waals surface area contributed by atoms with Gasteiger partial charge in [0.15, 0.2) is 0 Å². The Morgan fingerprint density at radius 2 is 1.91 bits per heavy atom. The molecule has 164 valence electrons. The maximum Gasteiger partial charge on any atom is 0.253 e. The lowest BCUT2D eigenvalue weighted by molar-refractivity contribution is -0.126. The summed E-state index contributed by atoms with van der Waals surface area (Å²) >= 11 is 0. The predicted octanol–water partition coefficient (Wildman–Crippen LogP) is 4.13. The van der Waals surface area contributed by atoms with Gasteiger partial charge >= 0.3 is 0 Å². The summed E-state index contributed by atoms with van der Waals surface area (Å²) in [7, 11) is 1.83. The number of benzene rings is 2. The van der Waals surface area contributed by atoms with E-state index in [2.05, 4.69) is 34.6 Å². The van der Waals surface area contributed by atoms with Crippen molar-refractivity contribution in [1.29, 1.82) is 0 Å². The van der Waals surface area contributed by atoms with E-state index in [9.17, 15) is 9.59 Å². The molecule has 2 aromatic carbocycles. The van der Waals surface area contributed by atoms with E-state index in [1.54, 1.807) is 11.1 Å². The minimum atomic E-state index is 0.00251. The number of nitrogens with one attached hydrogen (secondary N) is 1. The third-order valence-electron chi connectivity index (χ3n) is 6.05. The lowest BCUT2D eigenvalue weighted by Crippen LogP contribution is -2.37. The second kappa shape index (κ2) is 10.2. The lowest BCUT2D eigenvalue weighted by atomic mass is 9.91. The summed E-state index contributed by atoms with van der Waals surface area (Å²) < 4.78 is 0. The third kappa shape index (κ3) is 5.41. The monoisotopic (exact) mass is 427 g/mol. The van der Waals surface area contributed by atoms with Gasteiger partial charge in [0.05, 0.1) is 0 Å². The molecule has 1 aliphatic rings. The SMILES string of the molecule is CN(CCc1ccccn1)C(=O)c1cccc(-c2ccc(C[C@@H]3CCCNC3=O)cc2)c1. The first-order valence-corrected chi connectivity index (χ1v) is 11.2. The predicted molar refractivity (Wildman–Crippen MR) is 126 cm³/mol. The second-order valence-electron chi connectivity index (χ2n) is 8.41. The number of carbonyl (C=O) groups is 2. The molecule has 1 atom stereocenters. The molecule has 5 nitrogen and oxygen atoms in total. The summed E-state index contributed by atoms with van der Waals surface area (Å²) in [5.74, 6) is 0.235. The fourth-order valence-corrected chi connectivity index (χ4v) is 4.13. The average molecular weight is 428 g/mol. The first kappa shape index (κ1) is 21.8. The molecule has 1 fully saturated rings. The van der Waals surface area contributed by atoms with E-state index >= 15 is 0 Å². The van der Waals surface area contributed by atoms with Crippen molar-refractivity contribution in [3.8, 4) is 11.1 Å². The number of likely N-dealkylation sites (N-methyl/N-ethyl adjacent to an activating group) is 1. The normalized spacial score (nSPS) is 15.8. The molecular weight excluding hydrogens is 398 g/mol. The molecule has 3 aromatic rings. The van der Waals surface area contributed by atoms with Gasteiger partial charge in [-0.1, -0.05) is 42.5 Å². The highest BCUT2D eigenvalue weighted by Crippen LogP contribution is 2.24. The zero-order valence-corrected chi connectivity index (χ0v) is 18.5. The molecule has 1 saturated heterocycles. The standard InChI is InChI=1S/C27H29N3O2/c1-30(17-14-25-9-2-3-15-28-25)27(32)24-7-4-6-22(19-24)21-12-10-20(11-13-21)18-23-8-5-16-29-26(23)31/h2-4,6-7,9-13,15,19,23H,5,8,14,16-18H2,1H3,(H,29,31)/t23-/m0/s1. The molecule has 0 aliphatic carbocycles. The van der Waals surface area contributed by atoms with Gasteiger partial charge in [-0.15, -0.1) is 0 Å². The number of piperidine rings is 1. The van der Waals surface area contributed by atoms with E-state index in [4.69, 9.17) is 0 Å². The van der Waals surface area contributed by atoms with Gasteiger partial charge in [-0.2, -0.15) is 0 Å². The van der Waals surface area contributed by atoms with Crippen molar-refractivity contribution in [1.82, 2.24) is 15.2 Å². The van der Waals surface area contributed by atoms with Crippen LogP contribution in [-0.2, 0) is 17.6 Å². The molecule has 2 heterocycles. The van der Waals surface area contributed by atoms with Crippen LogP contribution in [0.4, 0.5) is 0 Å². The first-order chi connectivity index (χ1) is 15.6. The van der Waals surface area contributed by atoms with Gasteiger partial charge in [0.1, 0.15) is 0 Å². The van der Waals surface area contributed by atoms with Gasteiger partial charge < -0.3 is 10.2 Å². The molecule has 1 N–H and O–H groups in total. The van der Waals surface area contributed by atoms with Crippen LogP contribution in [-0.4, -0.2) is 41.8 Å². The van der Waals surface area contributed by atoms with E-state index < -0.39 is 0 Å². The number of amides is 2. The van der Waals surface area contributed by atoms with E-state index in [0.29, 0.717) is 12.1 Å². The average Bonchev–Trinajstić information content (AvgIpc) is 2.84. The molecule has 2 amide bonds. The molecule has 1 aliphatic heterocycles. The maximum atomic E-state index is 12.9. The summed E-state index contributed by atoms with van der Waals surface area (Å²) in [5, 5.41) is 2.96. The maximum absolute atomic E-state index is 12.9. The van der Waals surface area contributed by atoms with Crippen molar-refractivity contribution in [2.75, 3.05) is 20.1 Å². The summed E-state index contributed by atoms with van der Waals surface area (Å²) in [6.45, 7) is 1.41. The molecule has 0 radical (unpaired) electrons. The number of carbonyl (C=O) groups excluding carboxylic acids is 2. The van der Waals surface area contributed by atoms with E-state index in [-0.39, 0.29) is 17.7 Å². The smallest absolute Gasteiger partial charge is 0.253 e. The van der Waals surface area contributed by atoms with Gasteiger partial charge in [0.2, 0.25) is 5.91 Å². The molecule has 32 heavy (non-hydrogen) atoms. The molecule has 0 saturated carbocycles. The minimum absolute atomic E-state index is 0.00251. The van der Waals surface area contributed by atoms with E-state index in [0.717, 1.165) is 54.6 Å². The van der Waals surface area contributed by atoms with Crippen LogP contribution in [0.15, 0.2) is 72.9 Å². The Labute approximate surface area is 189 Å². The number of hydrogen-bond acceptors (Lipinski definition) is 3. The fraction of sp³-hybridized carbons (Fsp3) is 0.296. The second-order valence-corrected chi connectivity index (χ2v) is 8.41. The zero-order valence-electron chi connectivity index (χ0n) is 18.5. The quantitative estimate of drug-likeness (QED) is 0.617. The molecule has 0 bridgehead atoms. The molecular formula is C27H29N3O2. The van der Waals surface area contributed by atoms with Crippen molar-refractivity contribution in [2.45, 2.75) is 25.7 Å². The van der Waals surface area contributed by atoms with Crippen LogP contribution in [0.2, 0.25) is 0 Å². The van der Waals surface area contributed by atoms with Gasteiger partial charge in [-0.25, -0.2) is 0 Å². The first-order valence-electron chi connectivity index (χ1n) is 11.2. The van der Waals surface area contributed by atoms with Crippen molar-refractivity contribution >= 4 is 11.8 Å². The molecule has 0 unspecified atom stereocenters. The highest BCUT2D eigenvalue weighted by atomic mass is 16.2. The summed E-state index contributed by atoms with van der Waals surface area (Å²) in [4.78, 5) is 31.0. The van der Waals surface area contributed by atoms with Crippen LogP contribution in [0.5, 0.6) is 0 Å². The molecule has 4 rings (SSSR count). The van der Waals surface area contributed by atoms with Gasteiger partial charge in [-0.3, -0.25) is 14.6 Å². The van der Waals surface area contributed by atoms with Crippen LogP contribution in [0.1, 0.15) is 34.5 Å². The third-order valence-corrected chi connectivity index (χ3v) is 6.05. The van der Waals surface area contributed by atoms with Crippen molar-refractivity contribution < 1.29 is 9.59 Å². The number of pyridine rings is 1. The molecule has 1 aromatic heterocycles. The van der Waals surface area contributed by atoms with E-state index in [1.807, 2.05) is 49.5 Å². The highest BCUT2D eigenvalue weighted by Gasteiger charge is 2.22. The lowest BCUT2D eigenvalue weighted by Gasteiger charge is -2.21.